The van der Waals surface area contributed by atoms with Gasteiger partial charge < -0.3 is 15.4 Å². The van der Waals surface area contributed by atoms with Gasteiger partial charge in [-0.25, -0.2) is 4.98 Å². The summed E-state index contributed by atoms with van der Waals surface area (Å²) >= 11 is 0. The number of alkyl halides is 3. The Hall–Kier alpha value is -3.29. The minimum absolute atomic E-state index is 0.307. The summed E-state index contributed by atoms with van der Waals surface area (Å²) in [5, 5.41) is 6.06. The van der Waals surface area contributed by atoms with Crippen LogP contribution in [-0.4, -0.2) is 23.4 Å². The van der Waals surface area contributed by atoms with E-state index in [4.69, 9.17) is 0 Å². The first-order valence-electron chi connectivity index (χ1n) is 8.10. The number of hydrogen-bond donors (Lipinski definition) is 2. The second-order valence-electron chi connectivity index (χ2n) is 5.73. The SMILES string of the molecule is CNc1nc(Nc2ccccc2C)cc(-c2cccc(OC(F)(F)F)c2)n1. The van der Waals surface area contributed by atoms with E-state index >= 15 is 0 Å². The van der Waals surface area contributed by atoms with Crippen LogP contribution in [0.5, 0.6) is 5.75 Å². The number of halogens is 3. The van der Waals surface area contributed by atoms with Crippen LogP contribution in [0, 0.1) is 6.92 Å². The monoisotopic (exact) mass is 374 g/mol. The number of ether oxygens (including phenoxy) is 1. The van der Waals surface area contributed by atoms with Gasteiger partial charge in [0, 0.05) is 24.4 Å². The molecule has 140 valence electrons. The zero-order valence-electron chi connectivity index (χ0n) is 14.6. The minimum Gasteiger partial charge on any atom is -0.406 e. The van der Waals surface area contributed by atoms with Crippen molar-refractivity contribution in [2.45, 2.75) is 13.3 Å². The molecule has 0 aliphatic carbocycles. The van der Waals surface area contributed by atoms with Crippen molar-refractivity contribution in [3.05, 3.63) is 60.2 Å². The van der Waals surface area contributed by atoms with Crippen LogP contribution in [-0.2, 0) is 0 Å². The molecule has 0 radical (unpaired) electrons. The van der Waals surface area contributed by atoms with Crippen molar-refractivity contribution in [1.29, 1.82) is 0 Å². The summed E-state index contributed by atoms with van der Waals surface area (Å²) in [6.07, 6.45) is -4.75. The molecule has 0 atom stereocenters. The fraction of sp³-hybridized carbons (Fsp3) is 0.158. The van der Waals surface area contributed by atoms with Gasteiger partial charge in [-0.2, -0.15) is 4.98 Å². The first-order valence-corrected chi connectivity index (χ1v) is 8.10. The highest BCUT2D eigenvalue weighted by Gasteiger charge is 2.31. The summed E-state index contributed by atoms with van der Waals surface area (Å²) in [5.41, 5.74) is 2.84. The van der Waals surface area contributed by atoms with E-state index in [1.165, 1.54) is 18.2 Å². The molecule has 0 aliphatic heterocycles. The lowest BCUT2D eigenvalue weighted by Crippen LogP contribution is -2.17. The molecule has 5 nitrogen and oxygen atoms in total. The summed E-state index contributed by atoms with van der Waals surface area (Å²) in [5.74, 6) is 0.546. The smallest absolute Gasteiger partial charge is 0.406 e. The van der Waals surface area contributed by atoms with E-state index in [9.17, 15) is 13.2 Å². The van der Waals surface area contributed by atoms with E-state index in [1.54, 1.807) is 19.2 Å². The van der Waals surface area contributed by atoms with Crippen molar-refractivity contribution in [1.82, 2.24) is 9.97 Å². The molecule has 0 spiro atoms. The molecule has 0 aliphatic rings. The van der Waals surface area contributed by atoms with Crippen molar-refractivity contribution in [2.75, 3.05) is 17.7 Å². The zero-order chi connectivity index (χ0) is 19.4. The number of hydrogen-bond acceptors (Lipinski definition) is 5. The molecule has 0 saturated carbocycles. The summed E-state index contributed by atoms with van der Waals surface area (Å²) in [7, 11) is 1.67. The minimum atomic E-state index is -4.75. The molecule has 1 aromatic heterocycles. The molecular weight excluding hydrogens is 357 g/mol. The van der Waals surface area contributed by atoms with Crippen LogP contribution in [0.3, 0.4) is 0 Å². The summed E-state index contributed by atoms with van der Waals surface area (Å²) in [6, 6.07) is 15.0. The maximum atomic E-state index is 12.5. The molecule has 0 bridgehead atoms. The van der Waals surface area contributed by atoms with E-state index in [2.05, 4.69) is 25.3 Å². The summed E-state index contributed by atoms with van der Waals surface area (Å²) in [4.78, 5) is 8.68. The summed E-state index contributed by atoms with van der Waals surface area (Å²) < 4.78 is 41.4. The Morgan fingerprint density at radius 3 is 2.44 bits per heavy atom. The van der Waals surface area contributed by atoms with Crippen LogP contribution < -0.4 is 15.4 Å². The lowest BCUT2D eigenvalue weighted by molar-refractivity contribution is -0.274. The Morgan fingerprint density at radius 1 is 0.963 bits per heavy atom. The Morgan fingerprint density at radius 2 is 1.74 bits per heavy atom. The molecule has 8 heteroatoms. The molecule has 0 fully saturated rings. The fourth-order valence-corrected chi connectivity index (χ4v) is 2.47. The molecule has 2 aromatic carbocycles. The van der Waals surface area contributed by atoms with Crippen LogP contribution in [0.2, 0.25) is 0 Å². The quantitative estimate of drug-likeness (QED) is 0.648. The third kappa shape index (κ3) is 4.87. The number of para-hydroxylation sites is 1. The first-order chi connectivity index (χ1) is 12.8. The van der Waals surface area contributed by atoms with Gasteiger partial charge in [0.2, 0.25) is 5.95 Å². The number of aromatic nitrogens is 2. The molecule has 2 N–H and O–H groups in total. The number of benzene rings is 2. The molecule has 3 rings (SSSR count). The summed E-state index contributed by atoms with van der Waals surface area (Å²) in [6.45, 7) is 1.96. The predicted molar refractivity (Wildman–Crippen MR) is 98.2 cm³/mol. The molecule has 27 heavy (non-hydrogen) atoms. The average Bonchev–Trinajstić information content (AvgIpc) is 2.62. The predicted octanol–water partition coefficient (Wildman–Crippen LogP) is 5.14. The van der Waals surface area contributed by atoms with Gasteiger partial charge in [-0.3, -0.25) is 0 Å². The van der Waals surface area contributed by atoms with Gasteiger partial charge in [0.15, 0.2) is 0 Å². The standard InChI is InChI=1S/C19H17F3N4O/c1-12-6-3-4-9-15(12)24-17-11-16(25-18(23-2)26-17)13-7-5-8-14(10-13)27-19(20,21)22/h3-11H,1-2H3,(H2,23,24,25,26). The lowest BCUT2D eigenvalue weighted by Gasteiger charge is -2.13. The van der Waals surface area contributed by atoms with E-state index in [0.29, 0.717) is 23.0 Å². The van der Waals surface area contributed by atoms with Gasteiger partial charge in [-0.1, -0.05) is 30.3 Å². The van der Waals surface area contributed by atoms with Crippen molar-refractivity contribution in [3.63, 3.8) is 0 Å². The van der Waals surface area contributed by atoms with E-state index in [1.807, 2.05) is 31.2 Å². The Balaban J connectivity index is 1.96. The second-order valence-corrected chi connectivity index (χ2v) is 5.73. The van der Waals surface area contributed by atoms with Crippen molar-refractivity contribution in [3.8, 4) is 17.0 Å². The van der Waals surface area contributed by atoms with Gasteiger partial charge in [-0.05, 0) is 30.7 Å². The van der Waals surface area contributed by atoms with Gasteiger partial charge in [0.25, 0.3) is 0 Å². The third-order valence-corrected chi connectivity index (χ3v) is 3.72. The topological polar surface area (TPSA) is 59.1 Å². The zero-order valence-corrected chi connectivity index (χ0v) is 14.6. The molecule has 1 heterocycles. The molecule has 0 saturated heterocycles. The van der Waals surface area contributed by atoms with Crippen LogP contribution in [0.15, 0.2) is 54.6 Å². The van der Waals surface area contributed by atoms with Gasteiger partial charge in [0.05, 0.1) is 5.69 Å². The largest absolute Gasteiger partial charge is 0.573 e. The van der Waals surface area contributed by atoms with Crippen LogP contribution >= 0.6 is 0 Å². The van der Waals surface area contributed by atoms with E-state index in [-0.39, 0.29) is 5.75 Å². The number of aryl methyl sites for hydroxylation is 1. The Kier molecular flexibility index (Phi) is 5.16. The van der Waals surface area contributed by atoms with Crippen LogP contribution in [0.25, 0.3) is 11.3 Å². The van der Waals surface area contributed by atoms with Gasteiger partial charge in [-0.15, -0.1) is 13.2 Å². The number of nitrogens with one attached hydrogen (secondary N) is 2. The third-order valence-electron chi connectivity index (χ3n) is 3.72. The molecule has 3 aromatic rings. The van der Waals surface area contributed by atoms with E-state index in [0.717, 1.165) is 11.3 Å². The van der Waals surface area contributed by atoms with Crippen molar-refractivity contribution in [2.24, 2.45) is 0 Å². The van der Waals surface area contributed by atoms with Crippen molar-refractivity contribution < 1.29 is 17.9 Å². The normalized spacial score (nSPS) is 11.1. The van der Waals surface area contributed by atoms with Crippen LogP contribution in [0.1, 0.15) is 5.56 Å². The Labute approximate surface area is 154 Å². The number of nitrogens with zero attached hydrogens (tertiary/aromatic N) is 2. The number of anilines is 3. The van der Waals surface area contributed by atoms with E-state index < -0.39 is 6.36 Å². The maximum absolute atomic E-state index is 12.5. The molecule has 0 amide bonds. The molecule has 0 unspecified atom stereocenters. The maximum Gasteiger partial charge on any atom is 0.573 e. The highest BCUT2D eigenvalue weighted by Crippen LogP contribution is 2.29. The second kappa shape index (κ2) is 7.53. The van der Waals surface area contributed by atoms with Crippen molar-refractivity contribution >= 4 is 17.5 Å². The Bertz CT molecular complexity index is 944. The lowest BCUT2D eigenvalue weighted by atomic mass is 10.1. The van der Waals surface area contributed by atoms with Crippen LogP contribution in [0.4, 0.5) is 30.6 Å². The van der Waals surface area contributed by atoms with Gasteiger partial charge >= 0.3 is 6.36 Å². The highest BCUT2D eigenvalue weighted by molar-refractivity contribution is 5.69. The highest BCUT2D eigenvalue weighted by atomic mass is 19.4. The first kappa shape index (κ1) is 18.5. The molecular formula is C19H17F3N4O. The average molecular weight is 374 g/mol. The van der Waals surface area contributed by atoms with Gasteiger partial charge in [0.1, 0.15) is 11.6 Å². The number of rotatable bonds is 5. The fourth-order valence-electron chi connectivity index (χ4n) is 2.47.